The van der Waals surface area contributed by atoms with Gasteiger partial charge in [0.25, 0.3) is 0 Å². The number of para-hydroxylation sites is 2. The third-order valence-corrected chi connectivity index (χ3v) is 16.7. The Kier molecular flexibility index (Phi) is 28.8. The van der Waals surface area contributed by atoms with Gasteiger partial charge in [0, 0.05) is 143 Å². The Labute approximate surface area is 533 Å². The molecule has 7 aromatic heterocycles. The molecule has 0 saturated heterocycles. The molecule has 1 aliphatic rings. The molecular weight excluding hydrogens is 1460 g/mol. The molecule has 21 heteroatoms. The summed E-state index contributed by atoms with van der Waals surface area (Å²) in [6.45, 7) is 32.6. The van der Waals surface area contributed by atoms with E-state index in [0.717, 1.165) is 84.6 Å². The number of imidazole rings is 1. The molecule has 9 rings (SSSR count). The van der Waals surface area contributed by atoms with Crippen LogP contribution in [-0.2, 0) is 104 Å². The predicted octanol–water partition coefficient (Wildman–Crippen LogP) is 14.5. The fraction of sp³-hybridized carbons (Fsp3) is 0.508. The van der Waals surface area contributed by atoms with Crippen molar-refractivity contribution in [3.63, 3.8) is 0 Å². The van der Waals surface area contributed by atoms with Crippen molar-refractivity contribution in [1.82, 2.24) is 59.5 Å². The molecule has 8 heterocycles. The molecule has 0 amide bonds. The van der Waals surface area contributed by atoms with Gasteiger partial charge >= 0.3 is 0 Å². The van der Waals surface area contributed by atoms with Gasteiger partial charge in [0.15, 0.2) is 16.0 Å². The number of aliphatic hydroxyl groups is 1. The molecule has 8 aromatic rings. The average molecular weight is 1540 g/mol. The first-order valence-corrected chi connectivity index (χ1v) is 30.0. The Morgan fingerprint density at radius 3 is 1.95 bits per heavy atom. The minimum Gasteiger partial charge on any atom is -0.501 e. The van der Waals surface area contributed by atoms with E-state index in [9.17, 15) is 10.2 Å². The number of thiophene rings is 1. The van der Waals surface area contributed by atoms with Gasteiger partial charge in [-0.25, -0.2) is 19.4 Å². The van der Waals surface area contributed by atoms with Gasteiger partial charge in [-0.3, -0.25) is 5.10 Å². The summed E-state index contributed by atoms with van der Waals surface area (Å²) < 4.78 is 10.8. The molecule has 0 fully saturated rings. The molecule has 1 radical (unpaired) electrons. The number of oxazole rings is 1. The van der Waals surface area contributed by atoms with Crippen molar-refractivity contribution in [3.05, 3.63) is 123 Å². The van der Waals surface area contributed by atoms with Crippen molar-refractivity contribution in [1.29, 1.82) is 0 Å². The Hall–Kier alpha value is -3.68. The number of fused-ring (bicyclic) bond motifs is 1. The fourth-order valence-corrected chi connectivity index (χ4v) is 12.3. The van der Waals surface area contributed by atoms with Crippen LogP contribution < -0.4 is 10.1 Å². The van der Waals surface area contributed by atoms with Crippen LogP contribution in [0.5, 0.6) is 5.06 Å². The Morgan fingerprint density at radius 2 is 1.36 bits per heavy atom. The van der Waals surface area contributed by atoms with E-state index >= 15 is 0 Å². The van der Waals surface area contributed by atoms with Gasteiger partial charge in [-0.1, -0.05) is 121 Å². The summed E-state index contributed by atoms with van der Waals surface area (Å²) >= 11 is 1.46. The number of nitrogens with zero attached hydrogens (tertiary/aromatic N) is 12. The van der Waals surface area contributed by atoms with Crippen molar-refractivity contribution in [2.75, 3.05) is 12.5 Å². The maximum atomic E-state index is 10.8. The topological polar surface area (TPSA) is 187 Å². The first-order valence-electron chi connectivity index (χ1n) is 26.8. The molecule has 2 N–H and O–H groups in total. The van der Waals surface area contributed by atoms with E-state index in [2.05, 4.69) is 173 Å². The van der Waals surface area contributed by atoms with E-state index < -0.39 is 10.0 Å². The number of benzene rings is 1. The number of aromatic hydroxyl groups is 1. The molecule has 1 aromatic carbocycles. The van der Waals surface area contributed by atoms with Gasteiger partial charge in [0.1, 0.15) is 23.3 Å². The number of aryl methyl sites for hydroxylation is 2. The molecule has 2 unspecified atom stereocenters. The fourth-order valence-electron chi connectivity index (χ4n) is 8.66. The Balaban J connectivity index is 0.000000360. The van der Waals surface area contributed by atoms with Gasteiger partial charge in [-0.2, -0.15) is 20.2 Å². The molecular formula is C59H84CoN12O3Pd2PtS2-2. The van der Waals surface area contributed by atoms with E-state index in [1.807, 2.05) is 69.0 Å². The first-order chi connectivity index (χ1) is 35.8. The van der Waals surface area contributed by atoms with Gasteiger partial charge < -0.3 is 39.4 Å². The normalized spacial score (nSPS) is 14.0. The first kappa shape index (κ1) is 72.4. The quantitative estimate of drug-likeness (QED) is 0.0926. The zero-order valence-electron chi connectivity index (χ0n) is 49.5. The minimum absolute atomic E-state index is 0. The van der Waals surface area contributed by atoms with Crippen LogP contribution in [0.1, 0.15) is 156 Å². The third-order valence-electron chi connectivity index (χ3n) is 12.9. The zero-order chi connectivity index (χ0) is 55.7. The molecule has 451 valence electrons. The van der Waals surface area contributed by atoms with Gasteiger partial charge in [-0.05, 0) is 139 Å². The van der Waals surface area contributed by atoms with Gasteiger partial charge in [-0.15, -0.1) is 11.3 Å². The van der Waals surface area contributed by atoms with E-state index in [1.54, 1.807) is 13.2 Å². The van der Waals surface area contributed by atoms with Crippen molar-refractivity contribution < 1.29 is 93.3 Å². The smallest absolute Gasteiger partial charge is 0.197 e. The minimum atomic E-state index is -1.26. The second-order valence-electron chi connectivity index (χ2n) is 23.5. The van der Waals surface area contributed by atoms with Crippen LogP contribution in [0.4, 0.5) is 0 Å². The molecule has 1 aliphatic heterocycles. The summed E-state index contributed by atoms with van der Waals surface area (Å²) in [7, 11) is -1.26. The summed E-state index contributed by atoms with van der Waals surface area (Å²) in [5.74, 6) is 4.78. The van der Waals surface area contributed by atoms with E-state index in [4.69, 9.17) is 4.42 Å². The van der Waals surface area contributed by atoms with Crippen LogP contribution >= 0.6 is 21.4 Å². The summed E-state index contributed by atoms with van der Waals surface area (Å²) in [5, 5.41) is 43.1. The molecule has 0 saturated carbocycles. The van der Waals surface area contributed by atoms with Crippen LogP contribution in [0, 0.1) is 35.5 Å². The molecule has 0 spiro atoms. The third kappa shape index (κ3) is 19.7. The van der Waals surface area contributed by atoms with Crippen molar-refractivity contribution >= 4 is 38.1 Å². The summed E-state index contributed by atoms with van der Waals surface area (Å²) in [5.41, 5.74) is 8.05. The molecule has 15 nitrogen and oxygen atoms in total. The largest absolute Gasteiger partial charge is 0.501 e. The van der Waals surface area contributed by atoms with Crippen LogP contribution in [0.15, 0.2) is 93.9 Å². The zero-order valence-corrected chi connectivity index (χ0v) is 57.6. The summed E-state index contributed by atoms with van der Waals surface area (Å²) in [6, 6.07) is 16.1. The number of aliphatic hydroxyl groups excluding tert-OH is 1. The van der Waals surface area contributed by atoms with Crippen molar-refractivity contribution in [2.24, 2.45) is 28.6 Å². The van der Waals surface area contributed by atoms with E-state index in [0.29, 0.717) is 57.2 Å². The maximum absolute atomic E-state index is 10.8. The predicted molar refractivity (Wildman–Crippen MR) is 313 cm³/mol. The molecule has 2 atom stereocenters. The van der Waals surface area contributed by atoms with E-state index in [-0.39, 0.29) is 89.5 Å². The van der Waals surface area contributed by atoms with Gasteiger partial charge in [0.05, 0.1) is 0 Å². The van der Waals surface area contributed by atoms with Crippen LogP contribution in [0.2, 0.25) is 0 Å². The number of hydrogen-bond acceptors (Lipinski definition) is 11. The monoisotopic (exact) mass is 1540 g/mol. The second kappa shape index (κ2) is 31.8. The van der Waals surface area contributed by atoms with Crippen molar-refractivity contribution in [3.8, 4) is 28.2 Å². The van der Waals surface area contributed by atoms with Gasteiger partial charge in [0.2, 0.25) is 0 Å². The SMILES string of the molecule is CC(C)(C)Cc1cc(-n2nccc2CC(C)(C)C)c(O)s1.CCC(C)C1=CC(n2nccc2CC(C)C)=C(O)S1(C)C.CCC(C)c1ccnn1-c1nc2ccccc2[n-]1.Cc1nc(-c2nc(CCC(C)C)n[n-]2)co1.[Co].[Pd].[Pd].[Pt]. The maximum Gasteiger partial charge on any atom is 0.197 e. The van der Waals surface area contributed by atoms with Crippen molar-refractivity contribution in [2.45, 2.75) is 155 Å². The molecule has 0 aliphatic carbocycles. The van der Waals surface area contributed by atoms with E-state index in [1.165, 1.54) is 26.8 Å². The second-order valence-corrected chi connectivity index (χ2v) is 28.2. The molecule has 80 heavy (non-hydrogen) atoms. The molecule has 0 bridgehead atoms. The Bertz CT molecular complexity index is 3150. The number of rotatable bonds is 15. The summed E-state index contributed by atoms with van der Waals surface area (Å²) in [6.07, 6.45) is 20.5. The Morgan fingerprint density at radius 1 is 0.750 bits per heavy atom. The summed E-state index contributed by atoms with van der Waals surface area (Å²) in [4.78, 5) is 20.1. The standard InChI is InChI=1S/C17H26N2OS.C17H28N2OS.C14H15N4.C11H15N4O.Co.2Pd.Pt/c1-16(2,3)10-12-7-8-18-19(12)14-9-13(21-15(14)20)11-17(4,5)6;1-7-13(4)16-11-15(17(20)21(16,5)6)19-14(8-9-18-19)10-12(2)3;1-3-10(2)13-8-9-15-18(13)14-16-11-6-4-5-7-12(11)17-14;1-7(2)4-5-10-13-11(15-14-10)9-6-16-8(3)12-9;;;;/h7-9,20H,10-11H2,1-6H3;8-9,11-13,20H,7,10H2,1-6H3;4-10H,3H2,1-2H3;6-7H,4-5H2,1-3H3;;;;/q;;2*-1;;;;. The van der Waals surface area contributed by atoms with Crippen LogP contribution in [-0.4, -0.2) is 72.1 Å². The number of allylic oxidation sites excluding steroid dienone is 3. The van der Waals surface area contributed by atoms with Crippen LogP contribution in [0.3, 0.4) is 0 Å². The average Bonchev–Trinajstić information content (AvgIpc) is 4.21. The number of aromatic nitrogens is 12. The number of hydrogen-bond donors (Lipinski definition) is 2. The van der Waals surface area contributed by atoms with Crippen LogP contribution in [0.25, 0.3) is 39.9 Å².